The van der Waals surface area contributed by atoms with Crippen LogP contribution in [0.15, 0.2) is 54.6 Å². The Labute approximate surface area is 163 Å². The molecule has 0 aliphatic carbocycles. The minimum Gasteiger partial charge on any atom is -0.497 e. The molecule has 6 nitrogen and oxygen atoms in total. The molecule has 0 spiro atoms. The number of amides is 2. The molecule has 0 radical (unpaired) electrons. The molecule has 2 N–H and O–H groups in total. The standard InChI is InChI=1S/C22H23N3O3/c1-28-18-9-4-8-17(13-18)23-21(26)16-7-5-11-25(14-16)22(27)20-12-15-6-2-3-10-19(15)24-20/h2-4,6,8-10,12-13,16,24H,5,7,11,14H2,1H3,(H,23,26). The van der Waals surface area contributed by atoms with Crippen molar-refractivity contribution in [1.82, 2.24) is 9.88 Å². The Kier molecular flexibility index (Phi) is 5.02. The zero-order chi connectivity index (χ0) is 19.5. The van der Waals surface area contributed by atoms with Crippen molar-refractivity contribution < 1.29 is 14.3 Å². The number of carbonyl (C=O) groups excluding carboxylic acids is 2. The lowest BCUT2D eigenvalue weighted by Gasteiger charge is -2.31. The summed E-state index contributed by atoms with van der Waals surface area (Å²) < 4.78 is 5.20. The van der Waals surface area contributed by atoms with Crippen molar-refractivity contribution in [3.63, 3.8) is 0 Å². The molecular formula is C22H23N3O3. The highest BCUT2D eigenvalue weighted by atomic mass is 16.5. The summed E-state index contributed by atoms with van der Waals surface area (Å²) in [5.41, 5.74) is 2.20. The summed E-state index contributed by atoms with van der Waals surface area (Å²) in [5, 5.41) is 3.95. The van der Waals surface area contributed by atoms with Crippen LogP contribution in [0.25, 0.3) is 10.9 Å². The molecule has 4 rings (SSSR count). The van der Waals surface area contributed by atoms with Gasteiger partial charge in [0.25, 0.3) is 5.91 Å². The van der Waals surface area contributed by atoms with E-state index in [1.165, 1.54) is 0 Å². The third-order valence-corrected chi connectivity index (χ3v) is 5.18. The van der Waals surface area contributed by atoms with Gasteiger partial charge in [0.1, 0.15) is 11.4 Å². The van der Waals surface area contributed by atoms with E-state index >= 15 is 0 Å². The minimum absolute atomic E-state index is 0.0601. The zero-order valence-corrected chi connectivity index (χ0v) is 15.8. The maximum Gasteiger partial charge on any atom is 0.270 e. The van der Waals surface area contributed by atoms with E-state index in [2.05, 4.69) is 10.3 Å². The van der Waals surface area contributed by atoms with Gasteiger partial charge in [0.15, 0.2) is 0 Å². The Morgan fingerprint density at radius 2 is 2.00 bits per heavy atom. The number of aromatic amines is 1. The van der Waals surface area contributed by atoms with Gasteiger partial charge in [-0.1, -0.05) is 24.3 Å². The largest absolute Gasteiger partial charge is 0.497 e. The monoisotopic (exact) mass is 377 g/mol. The fourth-order valence-electron chi connectivity index (χ4n) is 3.68. The van der Waals surface area contributed by atoms with Crippen molar-refractivity contribution in [2.24, 2.45) is 5.92 Å². The normalized spacial score (nSPS) is 16.8. The van der Waals surface area contributed by atoms with Crippen LogP contribution in [0.3, 0.4) is 0 Å². The Morgan fingerprint density at radius 1 is 1.14 bits per heavy atom. The van der Waals surface area contributed by atoms with Crippen molar-refractivity contribution >= 4 is 28.4 Å². The summed E-state index contributed by atoms with van der Waals surface area (Å²) in [6.07, 6.45) is 1.58. The topological polar surface area (TPSA) is 74.4 Å². The van der Waals surface area contributed by atoms with E-state index in [9.17, 15) is 9.59 Å². The number of aromatic nitrogens is 1. The van der Waals surface area contributed by atoms with Gasteiger partial charge < -0.3 is 19.9 Å². The molecule has 1 aliphatic rings. The van der Waals surface area contributed by atoms with E-state index in [4.69, 9.17) is 4.74 Å². The van der Waals surface area contributed by atoms with Gasteiger partial charge >= 0.3 is 0 Å². The number of nitrogens with one attached hydrogen (secondary N) is 2. The summed E-state index contributed by atoms with van der Waals surface area (Å²) >= 11 is 0. The third-order valence-electron chi connectivity index (χ3n) is 5.18. The highest BCUT2D eigenvalue weighted by Gasteiger charge is 2.29. The van der Waals surface area contributed by atoms with Crippen LogP contribution in [0.1, 0.15) is 23.3 Å². The number of H-pyrrole nitrogens is 1. The molecule has 1 saturated heterocycles. The van der Waals surface area contributed by atoms with E-state index in [1.807, 2.05) is 48.5 Å². The summed E-state index contributed by atoms with van der Waals surface area (Å²) in [6.45, 7) is 1.08. The number of fused-ring (bicyclic) bond motifs is 1. The first-order valence-electron chi connectivity index (χ1n) is 9.46. The van der Waals surface area contributed by atoms with Gasteiger partial charge in [-0.2, -0.15) is 0 Å². The van der Waals surface area contributed by atoms with E-state index in [0.29, 0.717) is 30.2 Å². The molecule has 1 aliphatic heterocycles. The average Bonchev–Trinajstić information content (AvgIpc) is 3.17. The Bertz CT molecular complexity index is 978. The van der Waals surface area contributed by atoms with Crippen molar-refractivity contribution in [1.29, 1.82) is 0 Å². The second kappa shape index (κ2) is 7.76. The third kappa shape index (κ3) is 3.71. The van der Waals surface area contributed by atoms with Crippen LogP contribution in [0.2, 0.25) is 0 Å². The van der Waals surface area contributed by atoms with E-state index in [0.717, 1.165) is 23.7 Å². The van der Waals surface area contributed by atoms with Gasteiger partial charge in [0.05, 0.1) is 13.0 Å². The van der Waals surface area contributed by atoms with Crippen LogP contribution in [0.4, 0.5) is 5.69 Å². The van der Waals surface area contributed by atoms with Gasteiger partial charge in [-0.05, 0) is 37.1 Å². The van der Waals surface area contributed by atoms with Gasteiger partial charge in [-0.25, -0.2) is 0 Å². The van der Waals surface area contributed by atoms with Gasteiger partial charge in [0.2, 0.25) is 5.91 Å². The number of benzene rings is 2. The Morgan fingerprint density at radius 3 is 2.82 bits per heavy atom. The molecule has 1 aromatic heterocycles. The molecule has 144 valence electrons. The molecule has 1 unspecified atom stereocenters. The van der Waals surface area contributed by atoms with Crippen molar-refractivity contribution in [2.75, 3.05) is 25.5 Å². The smallest absolute Gasteiger partial charge is 0.270 e. The van der Waals surface area contributed by atoms with Crippen LogP contribution < -0.4 is 10.1 Å². The van der Waals surface area contributed by atoms with Crippen LogP contribution >= 0.6 is 0 Å². The molecule has 0 saturated carbocycles. The lowest BCUT2D eigenvalue weighted by molar-refractivity contribution is -0.121. The fraction of sp³-hybridized carbons (Fsp3) is 0.273. The Hall–Kier alpha value is -3.28. The molecule has 2 aromatic carbocycles. The number of methoxy groups -OCH3 is 1. The minimum atomic E-state index is -0.228. The molecule has 0 bridgehead atoms. The van der Waals surface area contributed by atoms with E-state index < -0.39 is 0 Å². The van der Waals surface area contributed by atoms with E-state index in [1.54, 1.807) is 18.1 Å². The summed E-state index contributed by atoms with van der Waals surface area (Å²) in [5.74, 6) is 0.336. The zero-order valence-electron chi connectivity index (χ0n) is 15.8. The van der Waals surface area contributed by atoms with Crippen molar-refractivity contribution in [3.8, 4) is 5.75 Å². The maximum absolute atomic E-state index is 12.9. The Balaban J connectivity index is 1.44. The average molecular weight is 377 g/mol. The van der Waals surface area contributed by atoms with Crippen molar-refractivity contribution in [2.45, 2.75) is 12.8 Å². The van der Waals surface area contributed by atoms with E-state index in [-0.39, 0.29) is 17.7 Å². The second-order valence-electron chi connectivity index (χ2n) is 7.08. The van der Waals surface area contributed by atoms with Crippen molar-refractivity contribution in [3.05, 3.63) is 60.3 Å². The number of carbonyl (C=O) groups is 2. The molecule has 1 fully saturated rings. The van der Waals surface area contributed by atoms with Crippen LogP contribution in [0, 0.1) is 5.92 Å². The molecule has 6 heteroatoms. The van der Waals surface area contributed by atoms with Gasteiger partial charge in [0, 0.05) is 35.7 Å². The fourth-order valence-corrected chi connectivity index (χ4v) is 3.68. The summed E-state index contributed by atoms with van der Waals surface area (Å²) in [6, 6.07) is 17.0. The molecule has 1 atom stereocenters. The molecule has 2 amide bonds. The molecule has 28 heavy (non-hydrogen) atoms. The molecular weight excluding hydrogens is 354 g/mol. The predicted molar refractivity (Wildman–Crippen MR) is 109 cm³/mol. The quantitative estimate of drug-likeness (QED) is 0.729. The number of rotatable bonds is 4. The van der Waals surface area contributed by atoms with Gasteiger partial charge in [-0.3, -0.25) is 9.59 Å². The van der Waals surface area contributed by atoms with Crippen LogP contribution in [-0.2, 0) is 4.79 Å². The summed E-state index contributed by atoms with van der Waals surface area (Å²) in [7, 11) is 1.59. The lowest BCUT2D eigenvalue weighted by atomic mass is 9.96. The lowest BCUT2D eigenvalue weighted by Crippen LogP contribution is -2.43. The first-order valence-corrected chi connectivity index (χ1v) is 9.46. The van der Waals surface area contributed by atoms with Crippen LogP contribution in [-0.4, -0.2) is 41.9 Å². The summed E-state index contributed by atoms with van der Waals surface area (Å²) in [4.78, 5) is 30.6. The molecule has 2 heterocycles. The number of piperidine rings is 1. The highest BCUT2D eigenvalue weighted by Crippen LogP contribution is 2.23. The predicted octanol–water partition coefficient (Wildman–Crippen LogP) is 3.67. The number of likely N-dealkylation sites (tertiary alicyclic amines) is 1. The number of ether oxygens (including phenoxy) is 1. The number of nitrogens with zero attached hydrogens (tertiary/aromatic N) is 1. The second-order valence-corrected chi connectivity index (χ2v) is 7.08. The van der Waals surface area contributed by atoms with Crippen LogP contribution in [0.5, 0.6) is 5.75 Å². The number of hydrogen-bond donors (Lipinski definition) is 2. The molecule has 3 aromatic rings. The number of para-hydroxylation sites is 1. The number of anilines is 1. The SMILES string of the molecule is COc1cccc(NC(=O)C2CCCN(C(=O)c3cc4ccccc4[nH]3)C2)c1. The van der Waals surface area contributed by atoms with Gasteiger partial charge in [-0.15, -0.1) is 0 Å². The first-order chi connectivity index (χ1) is 13.6. The first kappa shape index (κ1) is 18.1. The number of hydrogen-bond acceptors (Lipinski definition) is 3. The maximum atomic E-state index is 12.9. The highest BCUT2D eigenvalue weighted by molar-refractivity contribution is 5.99.